The maximum atomic E-state index is 13.1. The summed E-state index contributed by atoms with van der Waals surface area (Å²) in [5, 5.41) is 16.2. The molecule has 1 amide bonds. The number of halogens is 3. The molecule has 0 saturated carbocycles. The quantitative estimate of drug-likeness (QED) is 0.351. The molecule has 1 unspecified atom stereocenters. The fourth-order valence-corrected chi connectivity index (χ4v) is 3.91. The lowest BCUT2D eigenvalue weighted by Crippen LogP contribution is -2.27. The Morgan fingerprint density at radius 2 is 2.00 bits per heavy atom. The van der Waals surface area contributed by atoms with Crippen molar-refractivity contribution in [2.45, 2.75) is 32.4 Å². The van der Waals surface area contributed by atoms with Gasteiger partial charge in [0.1, 0.15) is 22.8 Å². The van der Waals surface area contributed by atoms with E-state index in [2.05, 4.69) is 25.6 Å². The van der Waals surface area contributed by atoms with Crippen LogP contribution < -0.4 is 16.4 Å². The lowest BCUT2D eigenvalue weighted by Gasteiger charge is -2.16. The maximum Gasteiger partial charge on any atom is 0.416 e. The molecule has 2 aromatic heterocycles. The minimum Gasteiger partial charge on any atom is -0.383 e. The van der Waals surface area contributed by atoms with Gasteiger partial charge in [-0.1, -0.05) is 6.07 Å². The van der Waals surface area contributed by atoms with Crippen LogP contribution in [0.5, 0.6) is 0 Å². The highest BCUT2D eigenvalue weighted by atomic mass is 32.1. The first-order chi connectivity index (χ1) is 16.0. The van der Waals surface area contributed by atoms with Gasteiger partial charge in [-0.15, -0.1) is 11.3 Å². The van der Waals surface area contributed by atoms with Crippen LogP contribution in [0.25, 0.3) is 0 Å². The number of benzene rings is 1. The zero-order chi connectivity index (χ0) is 25.0. The van der Waals surface area contributed by atoms with Gasteiger partial charge >= 0.3 is 6.18 Å². The van der Waals surface area contributed by atoms with Gasteiger partial charge in [-0.3, -0.25) is 4.79 Å². The van der Waals surface area contributed by atoms with Gasteiger partial charge in [0.15, 0.2) is 6.23 Å². The molecule has 1 aromatic carbocycles. The van der Waals surface area contributed by atoms with Crippen LogP contribution in [0.4, 0.5) is 24.7 Å². The normalized spacial score (nSPS) is 12.6. The van der Waals surface area contributed by atoms with Crippen molar-refractivity contribution in [2.24, 2.45) is 0 Å². The predicted molar refractivity (Wildman–Crippen MR) is 122 cm³/mol. The number of carbonyl (C=O) groups excluding carboxylic acids is 1. The molecular formula is C21H24F3N7O2S. The first kappa shape index (κ1) is 25.3. The number of aliphatic hydroxyl groups excluding tert-OH is 1. The van der Waals surface area contributed by atoms with E-state index in [9.17, 15) is 23.1 Å². The molecule has 182 valence electrons. The summed E-state index contributed by atoms with van der Waals surface area (Å²) in [5.41, 5.74) is 5.96. The average molecular weight is 496 g/mol. The van der Waals surface area contributed by atoms with E-state index in [1.54, 1.807) is 0 Å². The van der Waals surface area contributed by atoms with E-state index < -0.39 is 23.9 Å². The minimum atomic E-state index is -4.50. The number of nitrogens with zero attached hydrogens (tertiary/aromatic N) is 4. The fourth-order valence-electron chi connectivity index (χ4n) is 3.11. The smallest absolute Gasteiger partial charge is 0.383 e. The number of aromatic nitrogens is 3. The second kappa shape index (κ2) is 10.3. The van der Waals surface area contributed by atoms with Gasteiger partial charge in [-0.05, 0) is 38.7 Å². The van der Waals surface area contributed by atoms with Gasteiger partial charge in [-0.2, -0.15) is 13.2 Å². The van der Waals surface area contributed by atoms with Crippen LogP contribution in [0.1, 0.15) is 43.3 Å². The zero-order valence-corrected chi connectivity index (χ0v) is 19.5. The van der Waals surface area contributed by atoms with Crippen LogP contribution in [0.15, 0.2) is 30.7 Å². The third-order valence-electron chi connectivity index (χ3n) is 4.76. The molecule has 9 nitrogen and oxygen atoms in total. The Labute approximate surface area is 197 Å². The monoisotopic (exact) mass is 495 g/mol. The van der Waals surface area contributed by atoms with Crippen molar-refractivity contribution >= 4 is 28.7 Å². The first-order valence-electron chi connectivity index (χ1n) is 10.0. The van der Waals surface area contributed by atoms with Gasteiger partial charge in [0.05, 0.1) is 17.0 Å². The van der Waals surface area contributed by atoms with Crippen LogP contribution >= 0.6 is 11.3 Å². The van der Waals surface area contributed by atoms with Crippen LogP contribution in [0.3, 0.4) is 0 Å². The van der Waals surface area contributed by atoms with Gasteiger partial charge in [0, 0.05) is 24.0 Å². The molecule has 0 aliphatic carbocycles. The van der Waals surface area contributed by atoms with Crippen molar-refractivity contribution in [1.82, 2.24) is 25.2 Å². The molecule has 0 fully saturated rings. The third kappa shape index (κ3) is 6.18. The van der Waals surface area contributed by atoms with Crippen LogP contribution in [0.2, 0.25) is 0 Å². The Morgan fingerprint density at radius 1 is 1.26 bits per heavy atom. The summed E-state index contributed by atoms with van der Waals surface area (Å²) in [6.45, 7) is 1.81. The number of thiazole rings is 1. The van der Waals surface area contributed by atoms with Gasteiger partial charge in [0.2, 0.25) is 0 Å². The number of carbonyl (C=O) groups is 1. The number of nitrogens with one attached hydrogen (secondary N) is 2. The SMILES string of the molecule is Cc1ccc(NC(O)c2cnc(CNC(=O)c3ncnc(N)c3CN(C)C)s2)cc1C(F)(F)F. The first-order valence-corrected chi connectivity index (χ1v) is 10.9. The van der Waals surface area contributed by atoms with E-state index in [0.717, 1.165) is 17.4 Å². The largest absolute Gasteiger partial charge is 0.416 e. The topological polar surface area (TPSA) is 129 Å². The van der Waals surface area contributed by atoms with E-state index in [1.165, 1.54) is 31.6 Å². The lowest BCUT2D eigenvalue weighted by molar-refractivity contribution is -0.138. The Bertz CT molecular complexity index is 1170. The van der Waals surface area contributed by atoms with Crippen molar-refractivity contribution in [2.75, 3.05) is 25.1 Å². The summed E-state index contributed by atoms with van der Waals surface area (Å²) < 4.78 is 39.4. The summed E-state index contributed by atoms with van der Waals surface area (Å²) in [6, 6.07) is 3.73. The van der Waals surface area contributed by atoms with E-state index in [0.29, 0.717) is 22.0 Å². The number of hydrogen-bond acceptors (Lipinski definition) is 9. The molecule has 13 heteroatoms. The van der Waals surface area contributed by atoms with E-state index >= 15 is 0 Å². The maximum absolute atomic E-state index is 13.1. The van der Waals surface area contributed by atoms with Crippen LogP contribution in [-0.4, -0.2) is 45.0 Å². The highest BCUT2D eigenvalue weighted by Gasteiger charge is 2.32. The minimum absolute atomic E-state index is 0.0598. The third-order valence-corrected chi connectivity index (χ3v) is 5.81. The van der Waals surface area contributed by atoms with Crippen molar-refractivity contribution in [3.63, 3.8) is 0 Å². The number of amides is 1. The molecule has 5 N–H and O–H groups in total. The number of nitrogen functional groups attached to an aromatic ring is 1. The fraction of sp³-hybridized carbons (Fsp3) is 0.333. The summed E-state index contributed by atoms with van der Waals surface area (Å²) in [7, 11) is 3.65. The zero-order valence-electron chi connectivity index (χ0n) is 18.6. The standard InChI is InChI=1S/C21H24F3N7O2S/c1-11-4-5-12(6-14(11)21(22,23)24)30-19(32)15-7-26-16(34-15)8-27-20(33)17-13(9-31(2)3)18(25)29-10-28-17/h4-7,10,19,30,32H,8-9H2,1-3H3,(H,27,33)(H2,25,28,29). The molecule has 0 saturated heterocycles. The van der Waals surface area contributed by atoms with E-state index in [-0.39, 0.29) is 29.3 Å². The van der Waals surface area contributed by atoms with Crippen molar-refractivity contribution in [3.8, 4) is 0 Å². The second-order valence-electron chi connectivity index (χ2n) is 7.74. The highest BCUT2D eigenvalue weighted by molar-refractivity contribution is 7.11. The van der Waals surface area contributed by atoms with Gasteiger partial charge in [0.25, 0.3) is 5.91 Å². The number of nitrogens with two attached hydrogens (primary N) is 1. The van der Waals surface area contributed by atoms with Crippen molar-refractivity contribution < 1.29 is 23.1 Å². The molecule has 0 aliphatic heterocycles. The molecular weight excluding hydrogens is 471 g/mol. The number of aliphatic hydroxyl groups is 1. The van der Waals surface area contributed by atoms with Crippen molar-refractivity contribution in [1.29, 1.82) is 0 Å². The van der Waals surface area contributed by atoms with E-state index in [1.807, 2.05) is 19.0 Å². The second-order valence-corrected chi connectivity index (χ2v) is 8.88. The van der Waals surface area contributed by atoms with Gasteiger partial charge in [-0.25, -0.2) is 15.0 Å². The Kier molecular flexibility index (Phi) is 7.69. The number of hydrogen-bond donors (Lipinski definition) is 4. The van der Waals surface area contributed by atoms with Crippen LogP contribution in [-0.2, 0) is 19.3 Å². The molecule has 34 heavy (non-hydrogen) atoms. The highest BCUT2D eigenvalue weighted by Crippen LogP contribution is 2.34. The average Bonchev–Trinajstić information content (AvgIpc) is 3.23. The predicted octanol–water partition coefficient (Wildman–Crippen LogP) is 2.94. The van der Waals surface area contributed by atoms with E-state index in [4.69, 9.17) is 5.73 Å². The van der Waals surface area contributed by atoms with Gasteiger partial charge < -0.3 is 26.4 Å². The number of aryl methyl sites for hydroxylation is 1. The molecule has 0 bridgehead atoms. The molecule has 0 aliphatic rings. The number of rotatable bonds is 8. The van der Waals surface area contributed by atoms with Crippen molar-refractivity contribution in [3.05, 3.63) is 63.0 Å². The number of anilines is 2. The molecule has 3 aromatic rings. The molecule has 3 rings (SSSR count). The lowest BCUT2D eigenvalue weighted by atomic mass is 10.1. The molecule has 1 atom stereocenters. The Balaban J connectivity index is 1.65. The Morgan fingerprint density at radius 3 is 2.68 bits per heavy atom. The molecule has 2 heterocycles. The summed E-state index contributed by atoms with van der Waals surface area (Å²) in [4.78, 5) is 27.0. The molecule has 0 radical (unpaired) electrons. The summed E-state index contributed by atoms with van der Waals surface area (Å²) in [5.74, 6) is -0.245. The summed E-state index contributed by atoms with van der Waals surface area (Å²) >= 11 is 1.10. The van der Waals surface area contributed by atoms with Crippen LogP contribution in [0, 0.1) is 6.92 Å². The Hall–Kier alpha value is -3.29. The summed E-state index contributed by atoms with van der Waals surface area (Å²) in [6.07, 6.45) is -3.17. The molecule has 0 spiro atoms. The number of alkyl halides is 3.